The summed E-state index contributed by atoms with van der Waals surface area (Å²) in [5, 5.41) is 5.04. The van der Waals surface area contributed by atoms with Gasteiger partial charge < -0.3 is 11.1 Å². The molecule has 30 heavy (non-hydrogen) atoms. The van der Waals surface area contributed by atoms with Crippen LogP contribution in [-0.2, 0) is 0 Å². The van der Waals surface area contributed by atoms with Gasteiger partial charge in [0.1, 0.15) is 5.82 Å². The fourth-order valence-corrected chi connectivity index (χ4v) is 3.41. The van der Waals surface area contributed by atoms with E-state index < -0.39 is 17.4 Å². The number of hydrogen-bond donors (Lipinski definition) is 3. The molecule has 4 N–H and O–H groups in total. The first-order valence-corrected chi connectivity index (χ1v) is 9.24. The number of nitrogens with two attached hydrogens (primary N) is 1. The minimum Gasteiger partial charge on any atom is -0.384 e. The Bertz CT molecular complexity index is 1230. The van der Waals surface area contributed by atoms with Gasteiger partial charge in [-0.3, -0.25) is 29.1 Å². The lowest BCUT2D eigenvalue weighted by Crippen LogP contribution is -2.27. The van der Waals surface area contributed by atoms with E-state index >= 15 is 0 Å². The second-order valence-electron chi connectivity index (χ2n) is 6.93. The van der Waals surface area contributed by atoms with Gasteiger partial charge >= 0.3 is 0 Å². The molecule has 0 radical (unpaired) electrons. The molecule has 3 aromatic rings. The van der Waals surface area contributed by atoms with Crippen molar-refractivity contribution in [1.29, 1.82) is 0 Å². The number of pyridine rings is 1. The van der Waals surface area contributed by atoms with Crippen molar-refractivity contribution >= 4 is 23.5 Å². The molecule has 1 unspecified atom stereocenters. The van der Waals surface area contributed by atoms with Crippen molar-refractivity contribution in [2.75, 3.05) is 5.73 Å². The molecule has 8 nitrogen and oxygen atoms in total. The maximum absolute atomic E-state index is 12.5. The highest BCUT2D eigenvalue weighted by Crippen LogP contribution is 2.23. The lowest BCUT2D eigenvalue weighted by molar-refractivity contribution is 0.0877. The number of anilines is 1. The lowest BCUT2D eigenvalue weighted by Gasteiger charge is -2.15. The topological polar surface area (TPSA) is 123 Å². The number of nitrogens with one attached hydrogen (secondary N) is 2. The van der Waals surface area contributed by atoms with Crippen molar-refractivity contribution in [3.8, 4) is 5.69 Å². The largest absolute Gasteiger partial charge is 0.384 e. The summed E-state index contributed by atoms with van der Waals surface area (Å²) in [6.07, 6.45) is 0. The molecule has 2 heterocycles. The van der Waals surface area contributed by atoms with Crippen LogP contribution in [0.3, 0.4) is 0 Å². The van der Waals surface area contributed by atoms with Gasteiger partial charge in [-0.1, -0.05) is 30.3 Å². The average Bonchev–Trinajstić information content (AvgIpc) is 3.02. The van der Waals surface area contributed by atoms with E-state index in [4.69, 9.17) is 5.73 Å². The number of imide groups is 1. The molecular formula is C22H18N4O4. The normalized spacial score (nSPS) is 13.5. The van der Waals surface area contributed by atoms with Crippen molar-refractivity contribution < 1.29 is 14.4 Å². The Morgan fingerprint density at radius 1 is 1.00 bits per heavy atom. The molecule has 0 aliphatic carbocycles. The Morgan fingerprint density at radius 2 is 1.67 bits per heavy atom. The van der Waals surface area contributed by atoms with E-state index in [1.54, 1.807) is 24.3 Å². The van der Waals surface area contributed by atoms with Crippen LogP contribution in [0.4, 0.5) is 5.82 Å². The first kappa shape index (κ1) is 19.1. The Morgan fingerprint density at radius 3 is 2.33 bits per heavy atom. The van der Waals surface area contributed by atoms with Crippen LogP contribution in [0.25, 0.3) is 5.69 Å². The third kappa shape index (κ3) is 3.24. The Labute approximate surface area is 171 Å². The standard InChI is InChI=1S/C22H18N4O4/c1-12(13-5-3-2-4-6-13)24-20(28)14-7-9-15(10-8-14)26-17(27)11-16-18(19(26)23)22(30)25-21(16)29/h2-12H,23H2,1H3,(H,24,28)(H,25,29,30). The molecule has 1 aliphatic heterocycles. The zero-order valence-corrected chi connectivity index (χ0v) is 16.0. The number of aromatic nitrogens is 1. The van der Waals surface area contributed by atoms with Crippen LogP contribution < -0.4 is 21.9 Å². The molecule has 0 spiro atoms. The molecule has 1 aliphatic rings. The summed E-state index contributed by atoms with van der Waals surface area (Å²) >= 11 is 0. The van der Waals surface area contributed by atoms with Gasteiger partial charge in [-0.05, 0) is 36.8 Å². The summed E-state index contributed by atoms with van der Waals surface area (Å²) < 4.78 is 1.13. The molecule has 0 saturated carbocycles. The number of nitrogen functional groups attached to an aromatic ring is 1. The molecule has 0 saturated heterocycles. The lowest BCUT2D eigenvalue weighted by atomic mass is 10.1. The minimum absolute atomic E-state index is 0.0295. The second kappa shape index (κ2) is 7.32. The number of amides is 3. The Hall–Kier alpha value is -4.20. The van der Waals surface area contributed by atoms with E-state index in [9.17, 15) is 19.2 Å². The zero-order chi connectivity index (χ0) is 21.4. The molecule has 3 amide bonds. The van der Waals surface area contributed by atoms with E-state index in [1.165, 1.54) is 0 Å². The number of nitrogens with zero attached hydrogens (tertiary/aromatic N) is 1. The molecule has 0 fully saturated rings. The van der Waals surface area contributed by atoms with Gasteiger partial charge in [0.05, 0.1) is 22.9 Å². The van der Waals surface area contributed by atoms with Crippen LogP contribution in [0.2, 0.25) is 0 Å². The van der Waals surface area contributed by atoms with Gasteiger partial charge in [-0.25, -0.2) is 0 Å². The summed E-state index contributed by atoms with van der Waals surface area (Å²) in [5.74, 6) is -1.69. The Balaban J connectivity index is 1.61. The van der Waals surface area contributed by atoms with Gasteiger partial charge in [-0.2, -0.15) is 0 Å². The van der Waals surface area contributed by atoms with Crippen LogP contribution >= 0.6 is 0 Å². The van der Waals surface area contributed by atoms with Crippen LogP contribution in [0, 0.1) is 0 Å². The average molecular weight is 402 g/mol. The highest BCUT2D eigenvalue weighted by molar-refractivity contribution is 6.23. The van der Waals surface area contributed by atoms with Crippen LogP contribution in [0.5, 0.6) is 0 Å². The van der Waals surface area contributed by atoms with Crippen molar-refractivity contribution in [3.63, 3.8) is 0 Å². The molecule has 0 bridgehead atoms. The summed E-state index contributed by atoms with van der Waals surface area (Å²) in [6.45, 7) is 1.89. The molecule has 8 heteroatoms. The fraction of sp³-hybridized carbons (Fsp3) is 0.0909. The third-order valence-electron chi connectivity index (χ3n) is 4.99. The predicted octanol–water partition coefficient (Wildman–Crippen LogP) is 1.79. The summed E-state index contributed by atoms with van der Waals surface area (Å²) in [7, 11) is 0. The predicted molar refractivity (Wildman–Crippen MR) is 111 cm³/mol. The quantitative estimate of drug-likeness (QED) is 0.574. The highest BCUT2D eigenvalue weighted by Gasteiger charge is 2.31. The van der Waals surface area contributed by atoms with E-state index in [1.807, 2.05) is 37.3 Å². The van der Waals surface area contributed by atoms with E-state index in [2.05, 4.69) is 10.6 Å². The second-order valence-corrected chi connectivity index (χ2v) is 6.93. The van der Waals surface area contributed by atoms with E-state index in [0.717, 1.165) is 16.2 Å². The van der Waals surface area contributed by atoms with Crippen molar-refractivity contribution in [2.45, 2.75) is 13.0 Å². The molecular weight excluding hydrogens is 384 g/mol. The number of carbonyl (C=O) groups is 3. The smallest absolute Gasteiger partial charge is 0.262 e. The van der Waals surface area contributed by atoms with Crippen molar-refractivity contribution in [1.82, 2.24) is 15.2 Å². The van der Waals surface area contributed by atoms with E-state index in [-0.39, 0.29) is 28.9 Å². The number of rotatable bonds is 4. The SMILES string of the molecule is CC(NC(=O)c1ccc(-n2c(N)c3c(cc2=O)C(=O)NC3=O)cc1)c1ccccc1. The fourth-order valence-electron chi connectivity index (χ4n) is 3.41. The van der Waals surface area contributed by atoms with Gasteiger partial charge in [-0.15, -0.1) is 0 Å². The highest BCUT2D eigenvalue weighted by atomic mass is 16.2. The minimum atomic E-state index is -0.648. The van der Waals surface area contributed by atoms with E-state index in [0.29, 0.717) is 11.3 Å². The van der Waals surface area contributed by atoms with Gasteiger partial charge in [0.2, 0.25) is 0 Å². The molecule has 150 valence electrons. The van der Waals surface area contributed by atoms with Crippen LogP contribution in [-0.4, -0.2) is 22.3 Å². The van der Waals surface area contributed by atoms with Gasteiger partial charge in [0.25, 0.3) is 23.3 Å². The monoisotopic (exact) mass is 402 g/mol. The number of benzene rings is 2. The molecule has 4 rings (SSSR count). The molecule has 1 atom stereocenters. The van der Waals surface area contributed by atoms with Crippen LogP contribution in [0.15, 0.2) is 65.5 Å². The summed E-state index contributed by atoms with van der Waals surface area (Å²) in [6, 6.07) is 16.7. The van der Waals surface area contributed by atoms with Crippen LogP contribution in [0.1, 0.15) is 49.6 Å². The maximum atomic E-state index is 12.5. The number of hydrogen-bond acceptors (Lipinski definition) is 5. The molecule has 2 aromatic carbocycles. The third-order valence-corrected chi connectivity index (χ3v) is 4.99. The number of carbonyl (C=O) groups excluding carboxylic acids is 3. The maximum Gasteiger partial charge on any atom is 0.262 e. The summed E-state index contributed by atoms with van der Waals surface area (Å²) in [4.78, 5) is 48.8. The first-order chi connectivity index (χ1) is 14.4. The van der Waals surface area contributed by atoms with Gasteiger partial charge in [0, 0.05) is 11.6 Å². The summed E-state index contributed by atoms with van der Waals surface area (Å²) in [5.41, 5.74) is 7.16. The number of fused-ring (bicyclic) bond motifs is 1. The van der Waals surface area contributed by atoms with Crippen molar-refractivity contribution in [3.05, 3.63) is 93.3 Å². The zero-order valence-electron chi connectivity index (χ0n) is 16.0. The van der Waals surface area contributed by atoms with Crippen molar-refractivity contribution in [2.24, 2.45) is 0 Å². The Kier molecular flexibility index (Phi) is 4.67. The molecule has 1 aromatic heterocycles. The van der Waals surface area contributed by atoms with Gasteiger partial charge in [0.15, 0.2) is 0 Å². The first-order valence-electron chi connectivity index (χ1n) is 9.24.